The molecule has 1 heteroatoms. The predicted octanol–water partition coefficient (Wildman–Crippen LogP) is 2.42. The molecule has 0 amide bonds. The van der Waals surface area contributed by atoms with Gasteiger partial charge in [0.1, 0.15) is 0 Å². The second-order valence-electron chi connectivity index (χ2n) is 5.03. The van der Waals surface area contributed by atoms with Crippen molar-refractivity contribution >= 4 is 0 Å². The van der Waals surface area contributed by atoms with E-state index in [-0.39, 0.29) is 0 Å². The van der Waals surface area contributed by atoms with Crippen molar-refractivity contribution in [3.8, 4) is 0 Å². The number of hydrogen-bond acceptors (Lipinski definition) is 1. The maximum absolute atomic E-state index is 3.56. The highest BCUT2D eigenvalue weighted by Gasteiger charge is 2.45. The molecule has 1 saturated heterocycles. The minimum absolute atomic E-state index is 0.729. The Bertz CT molecular complexity index is 158. The fourth-order valence-corrected chi connectivity index (χ4v) is 3.25. The van der Waals surface area contributed by atoms with Crippen LogP contribution in [0.5, 0.6) is 0 Å². The Morgan fingerprint density at radius 2 is 2.08 bits per heavy atom. The molecule has 2 fully saturated rings. The van der Waals surface area contributed by atoms with E-state index in [2.05, 4.69) is 19.2 Å². The SMILES string of the molecule is CC(C)C1CCNCC12CCC2. The molecule has 0 aromatic carbocycles. The average molecular weight is 167 g/mol. The maximum atomic E-state index is 3.56. The molecular formula is C11H21N. The summed E-state index contributed by atoms with van der Waals surface area (Å²) >= 11 is 0. The molecule has 1 nitrogen and oxygen atoms in total. The second kappa shape index (κ2) is 3.02. The molecule has 1 aliphatic heterocycles. The van der Waals surface area contributed by atoms with Gasteiger partial charge in [-0.2, -0.15) is 0 Å². The quantitative estimate of drug-likeness (QED) is 0.632. The van der Waals surface area contributed by atoms with Gasteiger partial charge in [-0.05, 0) is 43.1 Å². The van der Waals surface area contributed by atoms with Gasteiger partial charge in [0.25, 0.3) is 0 Å². The highest BCUT2D eigenvalue weighted by molar-refractivity contribution is 4.98. The van der Waals surface area contributed by atoms with E-state index in [1.165, 1.54) is 38.8 Å². The van der Waals surface area contributed by atoms with Crippen LogP contribution in [0.15, 0.2) is 0 Å². The van der Waals surface area contributed by atoms with Crippen LogP contribution in [-0.4, -0.2) is 13.1 Å². The van der Waals surface area contributed by atoms with Gasteiger partial charge in [0.05, 0.1) is 0 Å². The van der Waals surface area contributed by atoms with Crippen molar-refractivity contribution in [2.75, 3.05) is 13.1 Å². The molecule has 0 bridgehead atoms. The first-order valence-electron chi connectivity index (χ1n) is 5.45. The zero-order chi connectivity index (χ0) is 8.60. The molecule has 1 heterocycles. The van der Waals surface area contributed by atoms with Crippen molar-refractivity contribution in [3.63, 3.8) is 0 Å². The van der Waals surface area contributed by atoms with Crippen LogP contribution >= 0.6 is 0 Å². The summed E-state index contributed by atoms with van der Waals surface area (Å²) in [7, 11) is 0. The molecule has 12 heavy (non-hydrogen) atoms. The van der Waals surface area contributed by atoms with Gasteiger partial charge in [-0.3, -0.25) is 0 Å². The Hall–Kier alpha value is -0.0400. The second-order valence-corrected chi connectivity index (χ2v) is 5.03. The van der Waals surface area contributed by atoms with Crippen LogP contribution in [0.2, 0.25) is 0 Å². The lowest BCUT2D eigenvalue weighted by atomic mass is 9.56. The summed E-state index contributed by atoms with van der Waals surface area (Å²) in [6.45, 7) is 7.35. The monoisotopic (exact) mass is 167 g/mol. The van der Waals surface area contributed by atoms with Gasteiger partial charge in [-0.25, -0.2) is 0 Å². The van der Waals surface area contributed by atoms with Gasteiger partial charge < -0.3 is 5.32 Å². The normalized spacial score (nSPS) is 33.8. The maximum Gasteiger partial charge on any atom is 0.00106 e. The average Bonchev–Trinajstić information content (AvgIpc) is 2.01. The van der Waals surface area contributed by atoms with Crippen LogP contribution < -0.4 is 5.32 Å². The standard InChI is InChI=1S/C11H21N/c1-9(2)10-4-7-12-8-11(10)5-3-6-11/h9-10,12H,3-8H2,1-2H3. The first kappa shape index (κ1) is 8.55. The van der Waals surface area contributed by atoms with Crippen LogP contribution in [0, 0.1) is 17.3 Å². The van der Waals surface area contributed by atoms with Crippen LogP contribution in [0.25, 0.3) is 0 Å². The molecule has 0 aromatic rings. The van der Waals surface area contributed by atoms with E-state index in [9.17, 15) is 0 Å². The van der Waals surface area contributed by atoms with Crippen molar-refractivity contribution in [2.45, 2.75) is 39.5 Å². The summed E-state index contributed by atoms with van der Waals surface area (Å²) in [5.74, 6) is 1.90. The molecule has 1 saturated carbocycles. The van der Waals surface area contributed by atoms with Gasteiger partial charge in [-0.15, -0.1) is 0 Å². The van der Waals surface area contributed by atoms with E-state index in [1.54, 1.807) is 0 Å². The summed E-state index contributed by atoms with van der Waals surface area (Å²) < 4.78 is 0. The van der Waals surface area contributed by atoms with E-state index in [0.717, 1.165) is 17.3 Å². The van der Waals surface area contributed by atoms with Crippen molar-refractivity contribution in [1.29, 1.82) is 0 Å². The molecule has 0 aromatic heterocycles. The van der Waals surface area contributed by atoms with Gasteiger partial charge in [0.15, 0.2) is 0 Å². The van der Waals surface area contributed by atoms with E-state index in [4.69, 9.17) is 0 Å². The number of hydrogen-bond donors (Lipinski definition) is 1. The van der Waals surface area contributed by atoms with E-state index >= 15 is 0 Å². The summed E-state index contributed by atoms with van der Waals surface area (Å²) in [6.07, 6.45) is 5.87. The predicted molar refractivity (Wildman–Crippen MR) is 52.1 cm³/mol. The van der Waals surface area contributed by atoms with Crippen molar-refractivity contribution in [2.24, 2.45) is 17.3 Å². The summed E-state index contributed by atoms with van der Waals surface area (Å²) in [5, 5.41) is 3.56. The lowest BCUT2D eigenvalue weighted by Gasteiger charge is -2.52. The minimum Gasteiger partial charge on any atom is -0.316 e. The molecule has 1 unspecified atom stereocenters. The fraction of sp³-hybridized carbons (Fsp3) is 1.00. The smallest absolute Gasteiger partial charge is 0.00106 e. The van der Waals surface area contributed by atoms with Crippen LogP contribution in [0.1, 0.15) is 39.5 Å². The van der Waals surface area contributed by atoms with E-state index < -0.39 is 0 Å². The number of rotatable bonds is 1. The molecule has 2 rings (SSSR count). The highest BCUT2D eigenvalue weighted by atomic mass is 14.9. The van der Waals surface area contributed by atoms with E-state index in [1.807, 2.05) is 0 Å². The lowest BCUT2D eigenvalue weighted by Crippen LogP contribution is -2.52. The Kier molecular flexibility index (Phi) is 2.16. The first-order chi connectivity index (χ1) is 5.75. The molecular weight excluding hydrogens is 146 g/mol. The molecule has 1 atom stereocenters. The van der Waals surface area contributed by atoms with Crippen molar-refractivity contribution < 1.29 is 0 Å². The number of nitrogens with one attached hydrogen (secondary N) is 1. The number of piperidine rings is 1. The van der Waals surface area contributed by atoms with Crippen molar-refractivity contribution in [3.05, 3.63) is 0 Å². The summed E-state index contributed by atoms with van der Waals surface area (Å²) in [4.78, 5) is 0. The third kappa shape index (κ3) is 1.19. The van der Waals surface area contributed by atoms with Gasteiger partial charge in [0, 0.05) is 6.54 Å². The largest absolute Gasteiger partial charge is 0.316 e. The topological polar surface area (TPSA) is 12.0 Å². The van der Waals surface area contributed by atoms with E-state index in [0.29, 0.717) is 0 Å². The fourth-order valence-electron chi connectivity index (χ4n) is 3.25. The van der Waals surface area contributed by atoms with Gasteiger partial charge >= 0.3 is 0 Å². The molecule has 1 spiro atoms. The highest BCUT2D eigenvalue weighted by Crippen LogP contribution is 2.51. The van der Waals surface area contributed by atoms with Crippen LogP contribution in [-0.2, 0) is 0 Å². The zero-order valence-corrected chi connectivity index (χ0v) is 8.40. The summed E-state index contributed by atoms with van der Waals surface area (Å²) in [6, 6.07) is 0. The van der Waals surface area contributed by atoms with Crippen molar-refractivity contribution in [1.82, 2.24) is 5.32 Å². The lowest BCUT2D eigenvalue weighted by molar-refractivity contribution is -0.00365. The molecule has 0 radical (unpaired) electrons. The van der Waals surface area contributed by atoms with Gasteiger partial charge in [0.2, 0.25) is 0 Å². The molecule has 1 N–H and O–H groups in total. The molecule has 70 valence electrons. The van der Waals surface area contributed by atoms with Crippen LogP contribution in [0.3, 0.4) is 0 Å². The molecule has 1 aliphatic carbocycles. The third-order valence-electron chi connectivity index (χ3n) is 4.05. The Labute approximate surface area is 75.9 Å². The van der Waals surface area contributed by atoms with Crippen LogP contribution in [0.4, 0.5) is 0 Å². The summed E-state index contributed by atoms with van der Waals surface area (Å²) in [5.41, 5.74) is 0.729. The van der Waals surface area contributed by atoms with Gasteiger partial charge in [-0.1, -0.05) is 20.3 Å². The molecule has 2 aliphatic rings. The Balaban J connectivity index is 2.06. The first-order valence-corrected chi connectivity index (χ1v) is 5.45. The Morgan fingerprint density at radius 1 is 1.33 bits per heavy atom. The Morgan fingerprint density at radius 3 is 2.50 bits per heavy atom. The zero-order valence-electron chi connectivity index (χ0n) is 8.40. The minimum atomic E-state index is 0.729. The third-order valence-corrected chi connectivity index (χ3v) is 4.05.